The Morgan fingerprint density at radius 1 is 1.26 bits per heavy atom. The minimum Gasteiger partial charge on any atom is -0.466 e. The molecule has 1 aliphatic rings. The molecule has 2 rings (SSSR count). The van der Waals surface area contributed by atoms with Crippen molar-refractivity contribution in [2.24, 2.45) is 5.92 Å². The third-order valence-corrected chi connectivity index (χ3v) is 4.39. The van der Waals surface area contributed by atoms with Gasteiger partial charge in [0, 0.05) is 6.54 Å². The van der Waals surface area contributed by atoms with E-state index in [1.807, 2.05) is 44.2 Å². The van der Waals surface area contributed by atoms with Crippen LogP contribution in [-0.4, -0.2) is 42.5 Å². The lowest BCUT2D eigenvalue weighted by atomic mass is 9.96. The molecule has 0 saturated carbocycles. The number of amides is 1. The number of piperidine rings is 1. The molecule has 0 unspecified atom stereocenters. The van der Waals surface area contributed by atoms with Gasteiger partial charge in [-0.05, 0) is 45.3 Å². The maximum Gasteiger partial charge on any atom is 0.309 e. The second kappa shape index (κ2) is 8.67. The zero-order chi connectivity index (χ0) is 16.7. The summed E-state index contributed by atoms with van der Waals surface area (Å²) in [6.45, 7) is 6.23. The van der Waals surface area contributed by atoms with Gasteiger partial charge in [0.1, 0.15) is 0 Å². The molecule has 1 aromatic carbocycles. The number of rotatable bonds is 6. The molecule has 1 saturated heterocycles. The van der Waals surface area contributed by atoms with E-state index in [1.54, 1.807) is 0 Å². The van der Waals surface area contributed by atoms with Gasteiger partial charge in [0.15, 0.2) is 0 Å². The largest absolute Gasteiger partial charge is 0.466 e. The van der Waals surface area contributed by atoms with Crippen LogP contribution in [-0.2, 0) is 20.9 Å². The van der Waals surface area contributed by atoms with E-state index in [-0.39, 0.29) is 23.8 Å². The van der Waals surface area contributed by atoms with Gasteiger partial charge in [0.05, 0.1) is 18.6 Å². The number of nitrogens with zero attached hydrogens (tertiary/aromatic N) is 1. The van der Waals surface area contributed by atoms with Crippen molar-refractivity contribution in [1.29, 1.82) is 0 Å². The van der Waals surface area contributed by atoms with Crippen molar-refractivity contribution in [1.82, 2.24) is 10.2 Å². The van der Waals surface area contributed by atoms with Crippen LogP contribution >= 0.6 is 0 Å². The normalized spacial score (nSPS) is 17.5. The zero-order valence-corrected chi connectivity index (χ0v) is 14.0. The molecule has 1 amide bonds. The van der Waals surface area contributed by atoms with Crippen LogP contribution in [0.4, 0.5) is 0 Å². The van der Waals surface area contributed by atoms with Gasteiger partial charge in [0.2, 0.25) is 5.91 Å². The third-order valence-electron chi connectivity index (χ3n) is 4.39. The number of ether oxygens (including phenoxy) is 1. The highest BCUT2D eigenvalue weighted by Gasteiger charge is 2.30. The van der Waals surface area contributed by atoms with Crippen LogP contribution in [0.2, 0.25) is 0 Å². The van der Waals surface area contributed by atoms with Gasteiger partial charge in [-0.25, -0.2) is 0 Å². The molecule has 5 nitrogen and oxygen atoms in total. The first-order valence-corrected chi connectivity index (χ1v) is 8.34. The Kier molecular flexibility index (Phi) is 6.59. The van der Waals surface area contributed by atoms with E-state index in [0.29, 0.717) is 13.2 Å². The van der Waals surface area contributed by atoms with Crippen LogP contribution in [0, 0.1) is 5.92 Å². The third kappa shape index (κ3) is 5.06. The van der Waals surface area contributed by atoms with E-state index in [1.165, 1.54) is 0 Å². The molecule has 0 aromatic heterocycles. The highest BCUT2D eigenvalue weighted by molar-refractivity contribution is 5.81. The molecule has 1 atom stereocenters. The monoisotopic (exact) mass is 318 g/mol. The fraction of sp³-hybridized carbons (Fsp3) is 0.556. The van der Waals surface area contributed by atoms with E-state index >= 15 is 0 Å². The molecule has 0 spiro atoms. The van der Waals surface area contributed by atoms with Crippen molar-refractivity contribution in [3.63, 3.8) is 0 Å². The van der Waals surface area contributed by atoms with E-state index < -0.39 is 0 Å². The van der Waals surface area contributed by atoms with Gasteiger partial charge in [-0.1, -0.05) is 30.3 Å². The molecule has 23 heavy (non-hydrogen) atoms. The number of esters is 1. The molecule has 1 aromatic rings. The summed E-state index contributed by atoms with van der Waals surface area (Å²) in [6, 6.07) is 9.70. The summed E-state index contributed by atoms with van der Waals surface area (Å²) in [4.78, 5) is 26.2. The van der Waals surface area contributed by atoms with Gasteiger partial charge in [-0.2, -0.15) is 0 Å². The average molecular weight is 318 g/mol. The van der Waals surface area contributed by atoms with Crippen LogP contribution in [0.1, 0.15) is 32.3 Å². The number of carbonyl (C=O) groups is 2. The average Bonchev–Trinajstić information content (AvgIpc) is 2.60. The molecule has 1 N–H and O–H groups in total. The second-order valence-corrected chi connectivity index (χ2v) is 5.94. The first kappa shape index (κ1) is 17.5. The standard InChI is InChI=1S/C18H26N2O3/c1-3-23-18(22)16-9-11-20(12-10-16)14(2)17(21)19-13-15-7-5-4-6-8-15/h4-8,14,16H,3,9-13H2,1-2H3,(H,19,21)/t14-/m1/s1. The topological polar surface area (TPSA) is 58.6 Å². The SMILES string of the molecule is CCOC(=O)C1CCN([C@H](C)C(=O)NCc2ccccc2)CC1. The summed E-state index contributed by atoms with van der Waals surface area (Å²) in [5.41, 5.74) is 1.09. The van der Waals surface area contributed by atoms with Gasteiger partial charge in [0.25, 0.3) is 0 Å². The molecule has 1 heterocycles. The Balaban J connectivity index is 1.76. The molecule has 1 aliphatic heterocycles. The van der Waals surface area contributed by atoms with E-state index in [0.717, 1.165) is 31.5 Å². The fourth-order valence-electron chi connectivity index (χ4n) is 2.88. The van der Waals surface area contributed by atoms with Crippen molar-refractivity contribution in [3.8, 4) is 0 Å². The predicted octanol–water partition coefficient (Wildman–Crippen LogP) is 1.97. The summed E-state index contributed by atoms with van der Waals surface area (Å²) < 4.78 is 5.08. The van der Waals surface area contributed by atoms with E-state index in [9.17, 15) is 9.59 Å². The van der Waals surface area contributed by atoms with Crippen molar-refractivity contribution in [2.45, 2.75) is 39.3 Å². The number of hydrogen-bond donors (Lipinski definition) is 1. The molecular weight excluding hydrogens is 292 g/mol. The Labute approximate surface area is 138 Å². The highest BCUT2D eigenvalue weighted by atomic mass is 16.5. The highest BCUT2D eigenvalue weighted by Crippen LogP contribution is 2.20. The smallest absolute Gasteiger partial charge is 0.309 e. The maximum atomic E-state index is 12.3. The zero-order valence-electron chi connectivity index (χ0n) is 14.0. The van der Waals surface area contributed by atoms with Gasteiger partial charge < -0.3 is 10.1 Å². The van der Waals surface area contributed by atoms with Crippen molar-refractivity contribution >= 4 is 11.9 Å². The molecule has 5 heteroatoms. The molecule has 126 valence electrons. The lowest BCUT2D eigenvalue weighted by Crippen LogP contribution is -2.48. The molecule has 0 bridgehead atoms. The molecular formula is C18H26N2O3. The molecule has 1 fully saturated rings. The number of carbonyl (C=O) groups excluding carboxylic acids is 2. The van der Waals surface area contributed by atoms with Gasteiger partial charge in [-0.15, -0.1) is 0 Å². The van der Waals surface area contributed by atoms with Gasteiger partial charge in [-0.3, -0.25) is 14.5 Å². The van der Waals surface area contributed by atoms with Crippen LogP contribution in [0.3, 0.4) is 0 Å². The number of benzene rings is 1. The Morgan fingerprint density at radius 3 is 2.52 bits per heavy atom. The predicted molar refractivity (Wildman–Crippen MR) is 88.7 cm³/mol. The molecule has 0 radical (unpaired) electrons. The van der Waals surface area contributed by atoms with Crippen LogP contribution in [0.15, 0.2) is 30.3 Å². The fourth-order valence-corrected chi connectivity index (χ4v) is 2.88. The number of likely N-dealkylation sites (tertiary alicyclic amines) is 1. The van der Waals surface area contributed by atoms with Crippen LogP contribution in [0.5, 0.6) is 0 Å². The minimum atomic E-state index is -0.179. The first-order chi connectivity index (χ1) is 11.1. The van der Waals surface area contributed by atoms with Crippen LogP contribution < -0.4 is 5.32 Å². The summed E-state index contributed by atoms with van der Waals surface area (Å²) >= 11 is 0. The van der Waals surface area contributed by atoms with Crippen LogP contribution in [0.25, 0.3) is 0 Å². The van der Waals surface area contributed by atoms with Crippen molar-refractivity contribution in [3.05, 3.63) is 35.9 Å². The maximum absolute atomic E-state index is 12.3. The number of nitrogens with one attached hydrogen (secondary N) is 1. The lowest BCUT2D eigenvalue weighted by Gasteiger charge is -2.34. The second-order valence-electron chi connectivity index (χ2n) is 5.94. The van der Waals surface area contributed by atoms with E-state index in [2.05, 4.69) is 10.2 Å². The van der Waals surface area contributed by atoms with Crippen molar-refractivity contribution < 1.29 is 14.3 Å². The Hall–Kier alpha value is -1.88. The number of hydrogen-bond acceptors (Lipinski definition) is 4. The van der Waals surface area contributed by atoms with Gasteiger partial charge >= 0.3 is 5.97 Å². The quantitative estimate of drug-likeness (QED) is 0.815. The van der Waals surface area contributed by atoms with Crippen molar-refractivity contribution in [2.75, 3.05) is 19.7 Å². The summed E-state index contributed by atoms with van der Waals surface area (Å²) in [5.74, 6) is -0.0949. The lowest BCUT2D eigenvalue weighted by molar-refractivity contribution is -0.149. The summed E-state index contributed by atoms with van der Waals surface area (Å²) in [5, 5.41) is 2.98. The first-order valence-electron chi connectivity index (χ1n) is 8.34. The minimum absolute atomic E-state index is 0.0224. The molecule has 0 aliphatic carbocycles. The Bertz CT molecular complexity index is 510. The van der Waals surface area contributed by atoms with E-state index in [4.69, 9.17) is 4.74 Å². The Morgan fingerprint density at radius 2 is 1.91 bits per heavy atom. The summed E-state index contributed by atoms with van der Waals surface area (Å²) in [7, 11) is 0. The summed E-state index contributed by atoms with van der Waals surface area (Å²) in [6.07, 6.45) is 1.52.